The Balaban J connectivity index is 1.58. The fourth-order valence-corrected chi connectivity index (χ4v) is 7.31. The summed E-state index contributed by atoms with van der Waals surface area (Å²) in [5.41, 5.74) is 0.658. The quantitative estimate of drug-likeness (QED) is 0.288. The summed E-state index contributed by atoms with van der Waals surface area (Å²) >= 11 is 6.22. The molecule has 196 valence electrons. The van der Waals surface area contributed by atoms with Gasteiger partial charge < -0.3 is 39.1 Å². The van der Waals surface area contributed by atoms with E-state index in [0.29, 0.717) is 17.4 Å². The van der Waals surface area contributed by atoms with Crippen molar-refractivity contribution in [1.82, 2.24) is 19.6 Å². The highest BCUT2D eigenvalue weighted by Crippen LogP contribution is 2.55. The van der Waals surface area contributed by atoms with Crippen molar-refractivity contribution in [3.05, 3.63) is 17.2 Å². The second-order valence-corrected chi connectivity index (χ2v) is 13.4. The van der Waals surface area contributed by atoms with Crippen LogP contribution in [-0.4, -0.2) is 87.9 Å². The second kappa shape index (κ2) is 9.94. The van der Waals surface area contributed by atoms with Gasteiger partial charge in [0.05, 0.1) is 18.5 Å². The average Bonchev–Trinajstić information content (AvgIpc) is 3.43. The van der Waals surface area contributed by atoms with Crippen molar-refractivity contribution >= 4 is 38.3 Å². The second-order valence-electron chi connectivity index (χ2n) is 9.09. The van der Waals surface area contributed by atoms with E-state index in [1.807, 2.05) is 0 Å². The topological polar surface area (TPSA) is 200 Å². The van der Waals surface area contributed by atoms with Gasteiger partial charge in [0.15, 0.2) is 17.4 Å². The zero-order chi connectivity index (χ0) is 25.7. The summed E-state index contributed by atoms with van der Waals surface area (Å²) in [6, 6.07) is 0.240. The number of nitrogens with zero attached hydrogens (tertiary/aromatic N) is 5. The molecule has 2 aliphatic heterocycles. The number of aromatic nitrogens is 4. The van der Waals surface area contributed by atoms with Gasteiger partial charge in [-0.25, -0.2) is 9.50 Å². The number of rotatable bonds is 8. The van der Waals surface area contributed by atoms with E-state index in [2.05, 4.69) is 33.8 Å². The Kier molecular flexibility index (Phi) is 7.63. The number of halogens is 1. The van der Waals surface area contributed by atoms with E-state index in [0.717, 1.165) is 19.4 Å². The van der Waals surface area contributed by atoms with Crippen LogP contribution in [0.3, 0.4) is 0 Å². The molecule has 0 aromatic carbocycles. The highest BCUT2D eigenvalue weighted by Gasteiger charge is 2.46. The molecule has 2 saturated heterocycles. The van der Waals surface area contributed by atoms with Gasteiger partial charge in [-0.1, -0.05) is 13.8 Å². The number of ether oxygens (including phenoxy) is 1. The van der Waals surface area contributed by atoms with E-state index in [9.17, 15) is 24.2 Å². The number of imidazole rings is 1. The summed E-state index contributed by atoms with van der Waals surface area (Å²) in [5.74, 6) is -0.475. The molecular weight excluding hydrogens is 528 g/mol. The molecule has 6 atom stereocenters. The summed E-state index contributed by atoms with van der Waals surface area (Å²) in [5, 5.41) is 25.2. The third-order valence-electron chi connectivity index (χ3n) is 6.14. The molecule has 2 aliphatic rings. The van der Waals surface area contributed by atoms with Crippen molar-refractivity contribution in [2.24, 2.45) is 5.92 Å². The van der Waals surface area contributed by atoms with Gasteiger partial charge >= 0.3 is 15.2 Å². The molecule has 0 bridgehead atoms. The van der Waals surface area contributed by atoms with Crippen LogP contribution in [0.2, 0.25) is 5.28 Å². The summed E-state index contributed by atoms with van der Waals surface area (Å²) < 4.78 is 34.8. The highest BCUT2D eigenvalue weighted by molar-refractivity contribution is 7.70. The van der Waals surface area contributed by atoms with Crippen LogP contribution in [0.4, 0.5) is 5.82 Å². The average molecular weight is 556 g/mol. The molecule has 14 nitrogen and oxygen atoms in total. The van der Waals surface area contributed by atoms with E-state index in [-0.39, 0.29) is 17.0 Å². The van der Waals surface area contributed by atoms with E-state index in [4.69, 9.17) is 30.6 Å². The molecule has 0 aliphatic carbocycles. The molecule has 35 heavy (non-hydrogen) atoms. The first-order chi connectivity index (χ1) is 16.3. The molecule has 2 fully saturated rings. The number of hydrogen-bond donors (Lipinski definition) is 5. The van der Waals surface area contributed by atoms with Gasteiger partial charge in [0.1, 0.15) is 24.4 Å². The van der Waals surface area contributed by atoms with Crippen LogP contribution in [-0.2, 0) is 18.4 Å². The Morgan fingerprint density at radius 1 is 1.26 bits per heavy atom. The predicted molar refractivity (Wildman–Crippen MR) is 123 cm³/mol. The molecule has 2 aromatic heterocycles. The van der Waals surface area contributed by atoms with Crippen LogP contribution in [0.1, 0.15) is 38.5 Å². The standard InChI is InChI=1S/C18H28ClN5O9P2/c1-9(2)10-4-3-5-23(10)17-16-20-6-11(24(16)22-18(19)21-17)15-14(26)13(25)12(33-15)7-32-35(30,31)8-34(27,28)29/h6,9-10,12-15,25-26H,3-5,7-8H2,1-2H3,(H,30,31)(H2,27,28,29)/t10-,12+,13+,14+,15-/m0/s1. The lowest BCUT2D eigenvalue weighted by molar-refractivity contribution is -0.0204. The molecule has 0 saturated carbocycles. The predicted octanol–water partition coefficient (Wildman–Crippen LogP) is 0.901. The fourth-order valence-electron chi connectivity index (χ4n) is 4.59. The van der Waals surface area contributed by atoms with E-state index < -0.39 is 52.1 Å². The Hall–Kier alpha value is -1.18. The lowest BCUT2D eigenvalue weighted by Gasteiger charge is -2.28. The van der Waals surface area contributed by atoms with Gasteiger partial charge in [-0.3, -0.25) is 9.13 Å². The summed E-state index contributed by atoms with van der Waals surface area (Å²) in [6.07, 6.45) is -2.02. The SMILES string of the molecule is CC(C)[C@@H]1CCCN1c1nc(Cl)nn2c([C@@H]3O[C@H](COP(=O)(O)CP(=O)(O)O)[C@@H](O)[C@H]3O)cnc12. The van der Waals surface area contributed by atoms with E-state index in [1.54, 1.807) is 0 Å². The van der Waals surface area contributed by atoms with Crippen LogP contribution in [0, 0.1) is 5.92 Å². The van der Waals surface area contributed by atoms with Crippen molar-refractivity contribution in [2.75, 3.05) is 24.0 Å². The minimum absolute atomic E-state index is 0.0484. The normalized spacial score (nSPS) is 29.4. The zero-order valence-electron chi connectivity index (χ0n) is 19.0. The summed E-state index contributed by atoms with van der Waals surface area (Å²) in [4.78, 5) is 38.4. The maximum absolute atomic E-state index is 11.9. The number of fused-ring (bicyclic) bond motifs is 1. The Morgan fingerprint density at radius 2 is 1.97 bits per heavy atom. The van der Waals surface area contributed by atoms with Gasteiger partial charge in [-0.05, 0) is 30.4 Å². The monoisotopic (exact) mass is 555 g/mol. The number of aliphatic hydroxyl groups is 2. The minimum atomic E-state index is -4.82. The van der Waals surface area contributed by atoms with Crippen LogP contribution < -0.4 is 4.90 Å². The molecule has 4 rings (SSSR count). The van der Waals surface area contributed by atoms with Crippen molar-refractivity contribution in [2.45, 2.75) is 57.1 Å². The van der Waals surface area contributed by atoms with Crippen molar-refractivity contribution in [1.29, 1.82) is 0 Å². The lowest BCUT2D eigenvalue weighted by atomic mass is 10.0. The molecule has 4 heterocycles. The van der Waals surface area contributed by atoms with Crippen LogP contribution in [0.25, 0.3) is 5.65 Å². The first-order valence-electron chi connectivity index (χ1n) is 11.0. The highest BCUT2D eigenvalue weighted by atomic mass is 35.5. The maximum Gasteiger partial charge on any atom is 0.340 e. The van der Waals surface area contributed by atoms with Crippen molar-refractivity contribution in [3.63, 3.8) is 0 Å². The fraction of sp³-hybridized carbons (Fsp3) is 0.722. The Labute approximate surface area is 205 Å². The third-order valence-corrected chi connectivity index (χ3v) is 9.76. The molecule has 0 spiro atoms. The van der Waals surface area contributed by atoms with Crippen LogP contribution in [0.15, 0.2) is 6.20 Å². The Morgan fingerprint density at radius 3 is 2.63 bits per heavy atom. The summed E-state index contributed by atoms with van der Waals surface area (Å²) in [6.45, 7) is 4.32. The van der Waals surface area contributed by atoms with Gasteiger partial charge in [0, 0.05) is 12.6 Å². The minimum Gasteiger partial charge on any atom is -0.387 e. The zero-order valence-corrected chi connectivity index (χ0v) is 21.5. The van der Waals surface area contributed by atoms with Crippen molar-refractivity contribution < 1.29 is 43.3 Å². The molecule has 17 heteroatoms. The molecule has 1 unspecified atom stereocenters. The Bertz CT molecular complexity index is 1180. The van der Waals surface area contributed by atoms with Gasteiger partial charge in [-0.2, -0.15) is 4.98 Å². The van der Waals surface area contributed by atoms with E-state index in [1.165, 1.54) is 10.7 Å². The number of hydrogen-bond acceptors (Lipinski definition) is 10. The maximum atomic E-state index is 11.9. The van der Waals surface area contributed by atoms with Crippen LogP contribution in [0.5, 0.6) is 0 Å². The molecule has 2 aromatic rings. The van der Waals surface area contributed by atoms with Gasteiger partial charge in [-0.15, -0.1) is 5.10 Å². The smallest absolute Gasteiger partial charge is 0.340 e. The number of anilines is 1. The van der Waals surface area contributed by atoms with Crippen molar-refractivity contribution in [3.8, 4) is 0 Å². The first kappa shape index (κ1) is 26.9. The van der Waals surface area contributed by atoms with Gasteiger partial charge in [0.25, 0.3) is 0 Å². The molecule has 0 radical (unpaired) electrons. The number of aliphatic hydroxyl groups excluding tert-OH is 2. The molecule has 5 N–H and O–H groups in total. The third kappa shape index (κ3) is 5.72. The lowest BCUT2D eigenvalue weighted by Crippen LogP contribution is -2.34. The first-order valence-corrected chi connectivity index (χ1v) is 14.9. The summed E-state index contributed by atoms with van der Waals surface area (Å²) in [7, 11) is -9.49. The van der Waals surface area contributed by atoms with Crippen LogP contribution >= 0.6 is 26.8 Å². The van der Waals surface area contributed by atoms with E-state index >= 15 is 0 Å². The molecular formula is C18H28ClN5O9P2. The van der Waals surface area contributed by atoms with Gasteiger partial charge in [0.2, 0.25) is 5.28 Å². The largest absolute Gasteiger partial charge is 0.387 e. The molecule has 0 amide bonds.